The van der Waals surface area contributed by atoms with Crippen LogP contribution in [0.2, 0.25) is 0 Å². The zero-order chi connectivity index (χ0) is 14.3. The van der Waals surface area contributed by atoms with Crippen molar-refractivity contribution in [1.82, 2.24) is 4.98 Å². The molecule has 1 rings (SSSR count). The lowest BCUT2D eigenvalue weighted by atomic mass is 10.3. The Hall–Kier alpha value is -2.42. The Balaban J connectivity index is 2.76. The quantitative estimate of drug-likeness (QED) is 0.463. The second-order valence-electron chi connectivity index (χ2n) is 2.98. The third kappa shape index (κ3) is 4.39. The molecule has 1 heterocycles. The van der Waals surface area contributed by atoms with Gasteiger partial charge in [0, 0.05) is 5.38 Å². The molecule has 1 aromatic rings. The van der Waals surface area contributed by atoms with Crippen LogP contribution in [0, 0.1) is 0 Å². The molecule has 19 heavy (non-hydrogen) atoms. The Bertz CT molecular complexity index is 511. The highest BCUT2D eigenvalue weighted by atomic mass is 32.1. The van der Waals surface area contributed by atoms with Crippen LogP contribution in [-0.2, 0) is 14.4 Å². The summed E-state index contributed by atoms with van der Waals surface area (Å²) in [4.78, 5) is 30.4. The van der Waals surface area contributed by atoms with E-state index in [1.807, 2.05) is 0 Å². The van der Waals surface area contributed by atoms with Crippen molar-refractivity contribution in [3.8, 4) is 0 Å². The van der Waals surface area contributed by atoms with Gasteiger partial charge in [-0.25, -0.2) is 14.6 Å². The number of nitrogens with zero attached hydrogens (tertiary/aromatic N) is 2. The summed E-state index contributed by atoms with van der Waals surface area (Å²) in [7, 11) is 1.22. The van der Waals surface area contributed by atoms with E-state index in [-0.39, 0.29) is 23.1 Å². The molecule has 0 saturated carbocycles. The van der Waals surface area contributed by atoms with Crippen molar-refractivity contribution in [2.24, 2.45) is 5.16 Å². The number of aromatic nitrogens is 1. The van der Waals surface area contributed by atoms with E-state index in [1.165, 1.54) is 18.6 Å². The summed E-state index contributed by atoms with van der Waals surface area (Å²) in [6.45, 7) is 3.46. The number of hydrogen-bond acceptors (Lipinski definition) is 7. The lowest BCUT2D eigenvalue weighted by Crippen LogP contribution is -2.16. The maximum Gasteiger partial charge on any atom is 0.413 e. The number of hydrogen-bond donors (Lipinski definition) is 2. The lowest BCUT2D eigenvalue weighted by Gasteiger charge is -2.00. The van der Waals surface area contributed by atoms with E-state index >= 15 is 0 Å². The zero-order valence-electron chi connectivity index (χ0n) is 9.95. The Morgan fingerprint density at radius 3 is 3.00 bits per heavy atom. The first-order valence-electron chi connectivity index (χ1n) is 4.93. The highest BCUT2D eigenvalue weighted by Gasteiger charge is 2.18. The molecule has 9 heteroatoms. The number of aliphatic carboxylic acids is 1. The number of rotatable bonds is 6. The van der Waals surface area contributed by atoms with Gasteiger partial charge in [-0.2, -0.15) is 0 Å². The maximum atomic E-state index is 11.2. The molecule has 0 radical (unpaired) electrons. The average molecular weight is 285 g/mol. The van der Waals surface area contributed by atoms with Crippen molar-refractivity contribution in [3.63, 3.8) is 0 Å². The van der Waals surface area contributed by atoms with Crippen LogP contribution in [-0.4, -0.2) is 41.6 Å². The van der Waals surface area contributed by atoms with Crippen LogP contribution in [0.5, 0.6) is 0 Å². The second kappa shape index (κ2) is 7.11. The van der Waals surface area contributed by atoms with Gasteiger partial charge in [-0.05, 0) is 0 Å². The third-order valence-corrected chi connectivity index (χ3v) is 2.43. The molecule has 0 aliphatic heterocycles. The first-order valence-corrected chi connectivity index (χ1v) is 5.81. The topological polar surface area (TPSA) is 110 Å². The fourth-order valence-electron chi connectivity index (χ4n) is 0.985. The maximum absolute atomic E-state index is 11.2. The molecule has 0 fully saturated rings. The van der Waals surface area contributed by atoms with Gasteiger partial charge in [-0.3, -0.25) is 5.32 Å². The van der Waals surface area contributed by atoms with Crippen LogP contribution in [0.4, 0.5) is 9.93 Å². The summed E-state index contributed by atoms with van der Waals surface area (Å²) in [5.74, 6) is -1.28. The molecule has 2 N–H and O–H groups in total. The number of amides is 1. The fourth-order valence-corrected chi connectivity index (χ4v) is 1.67. The molecule has 0 saturated heterocycles. The van der Waals surface area contributed by atoms with E-state index in [1.54, 1.807) is 0 Å². The number of carbonyl (C=O) groups excluding carboxylic acids is 1. The van der Waals surface area contributed by atoms with Gasteiger partial charge < -0.3 is 14.7 Å². The van der Waals surface area contributed by atoms with Gasteiger partial charge in [0.2, 0.25) is 5.71 Å². The molecule has 102 valence electrons. The Morgan fingerprint density at radius 2 is 2.42 bits per heavy atom. The number of nitrogens with one attached hydrogen (secondary N) is 1. The normalized spacial score (nSPS) is 10.7. The fraction of sp³-hybridized carbons (Fsp3) is 0.200. The molecule has 0 aliphatic carbocycles. The molecular formula is C10H11N3O5S. The highest BCUT2D eigenvalue weighted by Crippen LogP contribution is 2.16. The first kappa shape index (κ1) is 14.6. The molecule has 0 bridgehead atoms. The van der Waals surface area contributed by atoms with Crippen molar-refractivity contribution < 1.29 is 24.3 Å². The van der Waals surface area contributed by atoms with Crippen LogP contribution < -0.4 is 5.32 Å². The summed E-state index contributed by atoms with van der Waals surface area (Å²) < 4.78 is 4.69. The van der Waals surface area contributed by atoms with E-state index in [0.717, 1.165) is 11.3 Å². The summed E-state index contributed by atoms with van der Waals surface area (Å²) in [5.41, 5.74) is -0.273. The van der Waals surface area contributed by atoms with Gasteiger partial charge >= 0.3 is 12.1 Å². The minimum atomic E-state index is -1.28. The van der Waals surface area contributed by atoms with Gasteiger partial charge in [0.1, 0.15) is 19.4 Å². The predicted molar refractivity (Wildman–Crippen MR) is 68.5 cm³/mol. The van der Waals surface area contributed by atoms with Crippen molar-refractivity contribution in [2.45, 2.75) is 0 Å². The number of anilines is 1. The number of carboxylic acid groups (broad SMARTS) is 1. The highest BCUT2D eigenvalue weighted by molar-refractivity contribution is 7.14. The smallest absolute Gasteiger partial charge is 0.413 e. The number of ether oxygens (including phenoxy) is 1. The summed E-state index contributed by atoms with van der Waals surface area (Å²) in [6, 6.07) is 0. The zero-order valence-corrected chi connectivity index (χ0v) is 10.8. The summed E-state index contributed by atoms with van der Waals surface area (Å²) >= 11 is 1.03. The summed E-state index contributed by atoms with van der Waals surface area (Å²) in [5, 5.41) is 16.2. The molecule has 0 atom stereocenters. The predicted octanol–water partition coefficient (Wildman–Crippen LogP) is 1.31. The van der Waals surface area contributed by atoms with Gasteiger partial charge in [0.25, 0.3) is 0 Å². The van der Waals surface area contributed by atoms with Gasteiger partial charge in [-0.15, -0.1) is 11.3 Å². The molecule has 0 aliphatic rings. The van der Waals surface area contributed by atoms with Crippen LogP contribution in [0.1, 0.15) is 5.69 Å². The molecular weight excluding hydrogens is 274 g/mol. The Labute approximate surface area is 112 Å². The molecule has 0 unspecified atom stereocenters. The van der Waals surface area contributed by atoms with Crippen molar-refractivity contribution in [1.29, 1.82) is 0 Å². The van der Waals surface area contributed by atoms with E-state index in [0.29, 0.717) is 0 Å². The number of carboxylic acids is 1. The number of carbonyl (C=O) groups is 2. The van der Waals surface area contributed by atoms with E-state index in [4.69, 9.17) is 5.11 Å². The molecule has 8 nitrogen and oxygen atoms in total. The number of thiazole rings is 1. The van der Waals surface area contributed by atoms with Gasteiger partial charge in [0.15, 0.2) is 5.13 Å². The first-order chi connectivity index (χ1) is 9.08. The van der Waals surface area contributed by atoms with E-state index in [2.05, 4.69) is 31.6 Å². The Kier molecular flexibility index (Phi) is 5.48. The number of oxime groups is 1. The molecule has 1 amide bonds. The molecule has 1 aromatic heterocycles. The van der Waals surface area contributed by atoms with Gasteiger partial charge in [0.05, 0.1) is 0 Å². The Morgan fingerprint density at radius 1 is 1.68 bits per heavy atom. The third-order valence-electron chi connectivity index (χ3n) is 1.67. The standard InChI is InChI=1S/C10H11N3O5S/c1-3-4-18-10(16)12-9-11-6(5-19-9)7(8(14)15)13-17-2/h3,5H,1,4H2,2H3,(H,14,15)(H,11,12,16)/b13-7+. The van der Waals surface area contributed by atoms with Gasteiger partial charge in [-0.1, -0.05) is 17.8 Å². The minimum Gasteiger partial charge on any atom is -0.476 e. The van der Waals surface area contributed by atoms with Crippen molar-refractivity contribution in [3.05, 3.63) is 23.7 Å². The largest absolute Gasteiger partial charge is 0.476 e. The second-order valence-corrected chi connectivity index (χ2v) is 3.84. The van der Waals surface area contributed by atoms with Crippen LogP contribution in [0.25, 0.3) is 0 Å². The van der Waals surface area contributed by atoms with Crippen molar-refractivity contribution >= 4 is 34.2 Å². The van der Waals surface area contributed by atoms with Crippen LogP contribution >= 0.6 is 11.3 Å². The minimum absolute atomic E-state index is 0.0651. The van der Waals surface area contributed by atoms with E-state index in [9.17, 15) is 9.59 Å². The van der Waals surface area contributed by atoms with Crippen LogP contribution in [0.15, 0.2) is 23.2 Å². The van der Waals surface area contributed by atoms with E-state index < -0.39 is 12.1 Å². The molecule has 0 spiro atoms. The van der Waals surface area contributed by atoms with Crippen molar-refractivity contribution in [2.75, 3.05) is 19.0 Å². The molecule has 0 aromatic carbocycles. The summed E-state index contributed by atoms with van der Waals surface area (Å²) in [6.07, 6.45) is 0.710. The van der Waals surface area contributed by atoms with Crippen LogP contribution in [0.3, 0.4) is 0 Å². The average Bonchev–Trinajstić information content (AvgIpc) is 2.81. The lowest BCUT2D eigenvalue weighted by molar-refractivity contribution is -0.129. The SMILES string of the molecule is C=CCOC(=O)Nc1nc(/C(=N\OC)C(=O)O)cs1. The monoisotopic (exact) mass is 285 g/mol.